The van der Waals surface area contributed by atoms with Crippen LogP contribution in [0.25, 0.3) is 0 Å². The molecule has 5 nitrogen and oxygen atoms in total. The van der Waals surface area contributed by atoms with Crippen molar-refractivity contribution in [3.63, 3.8) is 0 Å². The van der Waals surface area contributed by atoms with Crippen molar-refractivity contribution < 1.29 is 19.0 Å². The standard InChI is InChI=1S/C21H25N2O3/c1-13(2)10-22-12-23(11-16(24)21(3,4)5)18-17(22)19(25)14-8-6-7-9-15(14)20(18)26/h6-9,12-13H,10-11H2,1-5H3/q+1. The topological polar surface area (TPSA) is 60.0 Å². The lowest BCUT2D eigenvalue weighted by Gasteiger charge is -2.16. The summed E-state index contributed by atoms with van der Waals surface area (Å²) in [6, 6.07) is 6.89. The van der Waals surface area contributed by atoms with Crippen LogP contribution in [-0.2, 0) is 17.9 Å². The Kier molecular flexibility index (Phi) is 4.42. The van der Waals surface area contributed by atoms with Gasteiger partial charge in [0.05, 0.1) is 6.54 Å². The van der Waals surface area contributed by atoms with Gasteiger partial charge < -0.3 is 0 Å². The number of Topliss-reactive ketones (excluding diaryl/α,β-unsaturated/α-hetero) is 1. The monoisotopic (exact) mass is 353 g/mol. The molecule has 1 aromatic heterocycles. The van der Waals surface area contributed by atoms with E-state index in [2.05, 4.69) is 13.8 Å². The van der Waals surface area contributed by atoms with Gasteiger partial charge in [0, 0.05) is 16.5 Å². The second kappa shape index (κ2) is 6.31. The zero-order valence-electron chi connectivity index (χ0n) is 16.0. The Labute approximate surface area is 153 Å². The fourth-order valence-electron chi connectivity index (χ4n) is 3.21. The number of carbonyl (C=O) groups excluding carboxylic acids is 3. The highest BCUT2D eigenvalue weighted by molar-refractivity contribution is 6.26. The van der Waals surface area contributed by atoms with Crippen LogP contribution in [0.2, 0.25) is 0 Å². The molecule has 0 fully saturated rings. The normalized spacial score (nSPS) is 13.8. The maximum absolute atomic E-state index is 13.1. The second-order valence-corrected chi connectivity index (χ2v) is 8.36. The molecule has 0 saturated carbocycles. The Morgan fingerprint density at radius 2 is 1.65 bits per heavy atom. The minimum Gasteiger partial charge on any atom is -0.295 e. The third-order valence-corrected chi connectivity index (χ3v) is 4.64. The third kappa shape index (κ3) is 3.02. The minimum atomic E-state index is -0.514. The van der Waals surface area contributed by atoms with Crippen LogP contribution in [0.4, 0.5) is 0 Å². The SMILES string of the molecule is CC(C)Cn1c[n+](CC(=O)C(C)(C)C)c2c1C(=O)c1ccccc1C2=O. The van der Waals surface area contributed by atoms with E-state index in [0.717, 1.165) is 0 Å². The number of aromatic nitrogens is 2. The molecule has 5 heteroatoms. The van der Waals surface area contributed by atoms with Crippen molar-refractivity contribution in [3.8, 4) is 0 Å². The van der Waals surface area contributed by atoms with E-state index in [4.69, 9.17) is 0 Å². The van der Waals surface area contributed by atoms with Gasteiger partial charge in [-0.05, 0) is 5.92 Å². The predicted octanol–water partition coefficient (Wildman–Crippen LogP) is 2.82. The first kappa shape index (κ1) is 18.2. The average Bonchev–Trinajstić information content (AvgIpc) is 2.89. The maximum Gasteiger partial charge on any atom is 0.245 e. The van der Waals surface area contributed by atoms with E-state index in [1.54, 1.807) is 35.2 Å². The summed E-state index contributed by atoms with van der Waals surface area (Å²) in [5.41, 5.74) is 1.04. The lowest BCUT2D eigenvalue weighted by Crippen LogP contribution is -2.46. The summed E-state index contributed by atoms with van der Waals surface area (Å²) in [6.07, 6.45) is 1.75. The zero-order valence-corrected chi connectivity index (χ0v) is 16.0. The van der Waals surface area contributed by atoms with Crippen LogP contribution in [0.5, 0.6) is 0 Å². The smallest absolute Gasteiger partial charge is 0.245 e. The van der Waals surface area contributed by atoms with Crippen LogP contribution in [0, 0.1) is 11.3 Å². The number of hydrogen-bond acceptors (Lipinski definition) is 3. The lowest BCUT2D eigenvalue weighted by molar-refractivity contribution is -0.686. The highest BCUT2D eigenvalue weighted by Gasteiger charge is 2.41. The predicted molar refractivity (Wildman–Crippen MR) is 97.2 cm³/mol. The molecule has 0 radical (unpaired) electrons. The molecule has 3 rings (SSSR count). The van der Waals surface area contributed by atoms with E-state index in [1.807, 2.05) is 25.3 Å². The van der Waals surface area contributed by atoms with E-state index in [1.165, 1.54) is 0 Å². The number of fused-ring (bicyclic) bond motifs is 2. The van der Waals surface area contributed by atoms with Crippen LogP contribution in [0.15, 0.2) is 30.6 Å². The molecule has 0 amide bonds. The second-order valence-electron chi connectivity index (χ2n) is 8.36. The number of hydrogen-bond donors (Lipinski definition) is 0. The summed E-state index contributed by atoms with van der Waals surface area (Å²) >= 11 is 0. The highest BCUT2D eigenvalue weighted by atomic mass is 16.1. The zero-order chi connectivity index (χ0) is 19.2. The molecule has 0 bridgehead atoms. The maximum atomic E-state index is 13.1. The van der Waals surface area contributed by atoms with Crippen molar-refractivity contribution in [3.05, 3.63) is 53.1 Å². The molecule has 0 aliphatic heterocycles. The molecule has 1 aliphatic carbocycles. The Morgan fingerprint density at radius 1 is 1.08 bits per heavy atom. The molecule has 26 heavy (non-hydrogen) atoms. The molecule has 0 N–H and O–H groups in total. The largest absolute Gasteiger partial charge is 0.295 e. The van der Waals surface area contributed by atoms with E-state index in [0.29, 0.717) is 35.0 Å². The van der Waals surface area contributed by atoms with Crippen molar-refractivity contribution in [2.24, 2.45) is 11.3 Å². The molecule has 2 aromatic rings. The van der Waals surface area contributed by atoms with Crippen LogP contribution in [0.3, 0.4) is 0 Å². The van der Waals surface area contributed by atoms with E-state index < -0.39 is 5.41 Å². The summed E-state index contributed by atoms with van der Waals surface area (Å²) in [5, 5.41) is 0. The van der Waals surface area contributed by atoms with E-state index in [9.17, 15) is 14.4 Å². The minimum absolute atomic E-state index is 0.0195. The summed E-state index contributed by atoms with van der Waals surface area (Å²) in [4.78, 5) is 38.7. The molecular formula is C21H25N2O3+. The van der Waals surface area contributed by atoms with Gasteiger partial charge in [-0.2, -0.15) is 0 Å². The first-order valence-electron chi connectivity index (χ1n) is 8.95. The van der Waals surface area contributed by atoms with Gasteiger partial charge in [-0.25, -0.2) is 9.13 Å². The van der Waals surface area contributed by atoms with Gasteiger partial charge >= 0.3 is 0 Å². The van der Waals surface area contributed by atoms with Gasteiger partial charge in [-0.1, -0.05) is 58.9 Å². The molecular weight excluding hydrogens is 328 g/mol. The third-order valence-electron chi connectivity index (χ3n) is 4.64. The molecule has 0 atom stereocenters. The first-order valence-corrected chi connectivity index (χ1v) is 8.95. The summed E-state index contributed by atoms with van der Waals surface area (Å²) in [7, 11) is 0. The Hall–Kier alpha value is -2.56. The fraction of sp³-hybridized carbons (Fsp3) is 0.429. The number of carbonyl (C=O) groups is 3. The molecule has 1 aromatic carbocycles. The number of imidazole rings is 1. The summed E-state index contributed by atoms with van der Waals surface area (Å²) in [5.74, 6) is -0.0262. The van der Waals surface area contributed by atoms with Crippen molar-refractivity contribution in [2.45, 2.75) is 47.7 Å². The number of ketones is 3. The lowest BCUT2D eigenvalue weighted by atomic mass is 9.89. The van der Waals surface area contributed by atoms with E-state index >= 15 is 0 Å². The molecule has 0 spiro atoms. The number of nitrogens with zero attached hydrogens (tertiary/aromatic N) is 2. The van der Waals surface area contributed by atoms with Crippen LogP contribution in [0.1, 0.15) is 66.7 Å². The molecule has 1 aliphatic rings. The number of benzene rings is 1. The molecule has 0 saturated heterocycles. The summed E-state index contributed by atoms with van der Waals surface area (Å²) < 4.78 is 3.48. The van der Waals surface area contributed by atoms with Gasteiger partial charge in [0.25, 0.3) is 0 Å². The van der Waals surface area contributed by atoms with Crippen molar-refractivity contribution in [1.29, 1.82) is 0 Å². The van der Waals surface area contributed by atoms with Crippen LogP contribution < -0.4 is 4.57 Å². The Balaban J connectivity index is 2.17. The number of rotatable bonds is 4. The molecule has 0 unspecified atom stereocenters. The van der Waals surface area contributed by atoms with Crippen LogP contribution >= 0.6 is 0 Å². The Bertz CT molecular complexity index is 914. The first-order chi connectivity index (χ1) is 12.1. The van der Waals surface area contributed by atoms with E-state index in [-0.39, 0.29) is 23.9 Å². The van der Waals surface area contributed by atoms with Gasteiger partial charge in [-0.15, -0.1) is 0 Å². The van der Waals surface area contributed by atoms with Gasteiger partial charge in [-0.3, -0.25) is 14.4 Å². The Morgan fingerprint density at radius 3 is 2.19 bits per heavy atom. The molecule has 1 heterocycles. The fourth-order valence-corrected chi connectivity index (χ4v) is 3.21. The van der Waals surface area contributed by atoms with Crippen molar-refractivity contribution in [2.75, 3.05) is 0 Å². The quantitative estimate of drug-likeness (QED) is 0.678. The van der Waals surface area contributed by atoms with Crippen LogP contribution in [-0.4, -0.2) is 21.9 Å². The molecule has 136 valence electrons. The average molecular weight is 353 g/mol. The van der Waals surface area contributed by atoms with Gasteiger partial charge in [0.2, 0.25) is 29.3 Å². The summed E-state index contributed by atoms with van der Waals surface area (Å²) in [6.45, 7) is 10.4. The highest BCUT2D eigenvalue weighted by Crippen LogP contribution is 2.26. The van der Waals surface area contributed by atoms with Crippen molar-refractivity contribution in [1.82, 2.24) is 4.57 Å². The van der Waals surface area contributed by atoms with Crippen molar-refractivity contribution >= 4 is 17.3 Å². The van der Waals surface area contributed by atoms with Gasteiger partial charge in [0.15, 0.2) is 5.78 Å². The van der Waals surface area contributed by atoms with Gasteiger partial charge in [0.1, 0.15) is 6.54 Å².